The van der Waals surface area contributed by atoms with Crippen molar-refractivity contribution < 1.29 is 4.79 Å². The fourth-order valence-electron chi connectivity index (χ4n) is 1.77. The summed E-state index contributed by atoms with van der Waals surface area (Å²) in [6.45, 7) is 6.03. The van der Waals surface area contributed by atoms with E-state index in [9.17, 15) is 4.79 Å². The normalized spacial score (nSPS) is 12.1. The highest BCUT2D eigenvalue weighted by Gasteiger charge is 2.13. The van der Waals surface area contributed by atoms with Crippen molar-refractivity contribution in [2.24, 2.45) is 0 Å². The first-order valence-corrected chi connectivity index (χ1v) is 7.87. The smallest absolute Gasteiger partial charge is 0.230 e. The van der Waals surface area contributed by atoms with Gasteiger partial charge in [-0.1, -0.05) is 36.9 Å². The SMILES string of the molecule is CCC(C)NC(=O)CSc1nnnn1-c1ccccc1C. The number of hydrogen-bond acceptors (Lipinski definition) is 5. The quantitative estimate of drug-likeness (QED) is 0.826. The van der Waals surface area contributed by atoms with Gasteiger partial charge in [-0.25, -0.2) is 0 Å². The maximum absolute atomic E-state index is 11.8. The lowest BCUT2D eigenvalue weighted by molar-refractivity contribution is -0.119. The van der Waals surface area contributed by atoms with Crippen molar-refractivity contribution in [1.82, 2.24) is 25.5 Å². The molecule has 21 heavy (non-hydrogen) atoms. The molecule has 1 unspecified atom stereocenters. The molecule has 1 N–H and O–H groups in total. The highest BCUT2D eigenvalue weighted by molar-refractivity contribution is 7.99. The summed E-state index contributed by atoms with van der Waals surface area (Å²) in [4.78, 5) is 11.8. The number of carbonyl (C=O) groups is 1. The van der Waals surface area contributed by atoms with Crippen LogP contribution in [0.4, 0.5) is 0 Å². The fourth-order valence-corrected chi connectivity index (χ4v) is 2.46. The molecule has 0 aliphatic carbocycles. The number of rotatable bonds is 6. The molecular formula is C14H19N5OS. The number of nitrogens with zero attached hydrogens (tertiary/aromatic N) is 4. The van der Waals surface area contributed by atoms with Gasteiger partial charge in [0, 0.05) is 6.04 Å². The van der Waals surface area contributed by atoms with Gasteiger partial charge in [-0.2, -0.15) is 4.68 Å². The lowest BCUT2D eigenvalue weighted by Crippen LogP contribution is -2.33. The Morgan fingerprint density at radius 2 is 2.19 bits per heavy atom. The lowest BCUT2D eigenvalue weighted by atomic mass is 10.2. The molecule has 6 nitrogen and oxygen atoms in total. The van der Waals surface area contributed by atoms with Crippen molar-refractivity contribution in [3.8, 4) is 5.69 Å². The molecule has 2 aromatic rings. The zero-order chi connectivity index (χ0) is 15.2. The minimum atomic E-state index is -0.00585. The molecule has 2 rings (SSSR count). The minimum absolute atomic E-state index is 0.00585. The van der Waals surface area contributed by atoms with Gasteiger partial charge in [0.15, 0.2) is 0 Å². The van der Waals surface area contributed by atoms with Gasteiger partial charge >= 0.3 is 0 Å². The van der Waals surface area contributed by atoms with Crippen LogP contribution in [0, 0.1) is 6.92 Å². The number of para-hydroxylation sites is 1. The van der Waals surface area contributed by atoms with Gasteiger partial charge in [0.2, 0.25) is 11.1 Å². The molecular weight excluding hydrogens is 286 g/mol. The van der Waals surface area contributed by atoms with Crippen LogP contribution in [-0.4, -0.2) is 37.9 Å². The van der Waals surface area contributed by atoms with Crippen LogP contribution in [0.5, 0.6) is 0 Å². The predicted octanol–water partition coefficient (Wildman–Crippen LogP) is 1.98. The van der Waals surface area contributed by atoms with Crippen LogP contribution < -0.4 is 5.32 Å². The van der Waals surface area contributed by atoms with Crippen LogP contribution in [0.15, 0.2) is 29.4 Å². The molecule has 1 aromatic carbocycles. The third-order valence-corrected chi connectivity index (χ3v) is 4.06. The number of nitrogens with one attached hydrogen (secondary N) is 1. The maximum Gasteiger partial charge on any atom is 0.230 e. The number of aryl methyl sites for hydroxylation is 1. The number of benzene rings is 1. The molecule has 0 saturated carbocycles. The minimum Gasteiger partial charge on any atom is -0.353 e. The average molecular weight is 305 g/mol. The standard InChI is InChI=1S/C14H19N5OS/c1-4-11(3)15-13(20)9-21-14-16-17-18-19(14)12-8-6-5-7-10(12)2/h5-8,11H,4,9H2,1-3H3,(H,15,20). The van der Waals surface area contributed by atoms with E-state index in [0.29, 0.717) is 10.9 Å². The largest absolute Gasteiger partial charge is 0.353 e. The summed E-state index contributed by atoms with van der Waals surface area (Å²) in [5, 5.41) is 15.2. The Balaban J connectivity index is 2.05. The zero-order valence-corrected chi connectivity index (χ0v) is 13.2. The van der Waals surface area contributed by atoms with Crippen molar-refractivity contribution in [2.45, 2.75) is 38.4 Å². The zero-order valence-electron chi connectivity index (χ0n) is 12.4. The van der Waals surface area contributed by atoms with E-state index in [4.69, 9.17) is 0 Å². The molecule has 1 atom stereocenters. The van der Waals surface area contributed by atoms with Crippen molar-refractivity contribution in [2.75, 3.05) is 5.75 Å². The van der Waals surface area contributed by atoms with Crippen LogP contribution in [0.25, 0.3) is 5.69 Å². The maximum atomic E-state index is 11.8. The Morgan fingerprint density at radius 3 is 2.90 bits per heavy atom. The molecule has 0 radical (unpaired) electrons. The third-order valence-electron chi connectivity index (χ3n) is 3.14. The van der Waals surface area contributed by atoms with E-state index in [0.717, 1.165) is 17.7 Å². The number of amides is 1. The first-order valence-electron chi connectivity index (χ1n) is 6.88. The number of hydrogen-bond donors (Lipinski definition) is 1. The number of aromatic nitrogens is 4. The van der Waals surface area contributed by atoms with Crippen molar-refractivity contribution >= 4 is 17.7 Å². The average Bonchev–Trinajstić information content (AvgIpc) is 2.93. The summed E-state index contributed by atoms with van der Waals surface area (Å²) < 4.78 is 1.66. The van der Waals surface area contributed by atoms with Gasteiger partial charge in [0.1, 0.15) is 0 Å². The van der Waals surface area contributed by atoms with Gasteiger partial charge in [-0.15, -0.1) is 5.10 Å². The van der Waals surface area contributed by atoms with E-state index in [2.05, 4.69) is 20.8 Å². The van der Waals surface area contributed by atoms with Crippen molar-refractivity contribution in [1.29, 1.82) is 0 Å². The Bertz CT molecular complexity index is 613. The Labute approximate surface area is 128 Å². The van der Waals surface area contributed by atoms with Crippen LogP contribution >= 0.6 is 11.8 Å². The lowest BCUT2D eigenvalue weighted by Gasteiger charge is -2.11. The molecule has 1 aromatic heterocycles. The summed E-state index contributed by atoms with van der Waals surface area (Å²) in [5.41, 5.74) is 2.00. The van der Waals surface area contributed by atoms with E-state index in [1.807, 2.05) is 45.0 Å². The second-order valence-corrected chi connectivity index (χ2v) is 5.77. The first kappa shape index (κ1) is 15.5. The summed E-state index contributed by atoms with van der Waals surface area (Å²) in [5.74, 6) is 0.296. The topological polar surface area (TPSA) is 72.7 Å². The molecule has 7 heteroatoms. The summed E-state index contributed by atoms with van der Waals surface area (Å²) in [7, 11) is 0. The molecule has 0 aliphatic rings. The van der Waals surface area contributed by atoms with Gasteiger partial charge in [-0.3, -0.25) is 4.79 Å². The summed E-state index contributed by atoms with van der Waals surface area (Å²) >= 11 is 1.33. The molecule has 1 heterocycles. The molecule has 1 amide bonds. The second-order valence-electron chi connectivity index (χ2n) is 4.83. The van der Waals surface area contributed by atoms with E-state index < -0.39 is 0 Å². The monoisotopic (exact) mass is 305 g/mol. The van der Waals surface area contributed by atoms with Crippen LogP contribution in [-0.2, 0) is 4.79 Å². The first-order chi connectivity index (χ1) is 10.1. The Hall–Kier alpha value is -1.89. The number of tetrazole rings is 1. The Kier molecular flexibility index (Phi) is 5.32. The second kappa shape index (κ2) is 7.21. The number of thioether (sulfide) groups is 1. The van der Waals surface area contributed by atoms with Crippen LogP contribution in [0.2, 0.25) is 0 Å². The van der Waals surface area contributed by atoms with Gasteiger partial charge in [0.05, 0.1) is 11.4 Å². The molecule has 0 bridgehead atoms. The molecule has 0 spiro atoms. The van der Waals surface area contributed by atoms with Gasteiger partial charge < -0.3 is 5.32 Å². The molecule has 0 saturated heterocycles. The summed E-state index contributed by atoms with van der Waals surface area (Å²) in [6, 6.07) is 8.05. The molecule has 0 aliphatic heterocycles. The predicted molar refractivity (Wildman–Crippen MR) is 82.5 cm³/mol. The third kappa shape index (κ3) is 4.04. The van der Waals surface area contributed by atoms with Gasteiger partial charge in [0.25, 0.3) is 0 Å². The van der Waals surface area contributed by atoms with E-state index in [-0.39, 0.29) is 11.9 Å². The Morgan fingerprint density at radius 1 is 1.43 bits per heavy atom. The molecule has 0 fully saturated rings. The van der Waals surface area contributed by atoms with Crippen LogP contribution in [0.1, 0.15) is 25.8 Å². The van der Waals surface area contributed by atoms with Crippen molar-refractivity contribution in [3.05, 3.63) is 29.8 Å². The van der Waals surface area contributed by atoms with E-state index >= 15 is 0 Å². The molecule has 112 valence electrons. The van der Waals surface area contributed by atoms with Crippen molar-refractivity contribution in [3.63, 3.8) is 0 Å². The van der Waals surface area contributed by atoms with Gasteiger partial charge in [-0.05, 0) is 42.3 Å². The van der Waals surface area contributed by atoms with Crippen LogP contribution in [0.3, 0.4) is 0 Å². The highest BCUT2D eigenvalue weighted by Crippen LogP contribution is 2.20. The number of carbonyl (C=O) groups excluding carboxylic acids is 1. The summed E-state index contributed by atoms with van der Waals surface area (Å²) in [6.07, 6.45) is 0.914. The van der Waals surface area contributed by atoms with E-state index in [1.54, 1.807) is 4.68 Å². The fraction of sp³-hybridized carbons (Fsp3) is 0.429. The van der Waals surface area contributed by atoms with E-state index in [1.165, 1.54) is 11.8 Å². The highest BCUT2D eigenvalue weighted by atomic mass is 32.2.